The molecule has 1 aromatic rings. The van der Waals surface area contributed by atoms with Gasteiger partial charge in [0.25, 0.3) is 0 Å². The van der Waals surface area contributed by atoms with Gasteiger partial charge in [-0.3, -0.25) is 15.1 Å². The van der Waals surface area contributed by atoms with E-state index in [9.17, 15) is 4.79 Å². The number of hydroxylamine groups is 1. The van der Waals surface area contributed by atoms with Crippen LogP contribution in [0.15, 0.2) is 36.6 Å². The molecule has 0 saturated heterocycles. The van der Waals surface area contributed by atoms with Gasteiger partial charge in [-0.05, 0) is 29.8 Å². The average molecular weight is 305 g/mol. The highest BCUT2D eigenvalue weighted by Gasteiger charge is 2.28. The predicted octanol–water partition coefficient (Wildman–Crippen LogP) is 1.80. The van der Waals surface area contributed by atoms with E-state index < -0.39 is 11.6 Å². The Balaban J connectivity index is 2.20. The van der Waals surface area contributed by atoms with Crippen molar-refractivity contribution in [1.29, 1.82) is 0 Å². The van der Waals surface area contributed by atoms with Gasteiger partial charge < -0.3 is 14.6 Å². The van der Waals surface area contributed by atoms with Gasteiger partial charge in [-0.2, -0.15) is 0 Å². The molecule has 22 heavy (non-hydrogen) atoms. The summed E-state index contributed by atoms with van der Waals surface area (Å²) in [5.74, 6) is 0.435. The SMILES string of the molecule is COc1cc(C=CC2(CCO)C=CNO2)ccc1OC(C)=O. The number of ether oxygens (including phenoxy) is 2. The molecule has 0 saturated carbocycles. The van der Waals surface area contributed by atoms with Gasteiger partial charge in [0.05, 0.1) is 7.11 Å². The molecule has 0 aliphatic carbocycles. The lowest BCUT2D eigenvalue weighted by Gasteiger charge is -2.20. The van der Waals surface area contributed by atoms with E-state index in [1.807, 2.05) is 18.2 Å². The number of aliphatic hydroxyl groups excluding tert-OH is 1. The Morgan fingerprint density at radius 1 is 1.45 bits per heavy atom. The van der Waals surface area contributed by atoms with Crippen LogP contribution in [0.5, 0.6) is 11.5 Å². The normalized spacial score (nSPS) is 20.1. The Morgan fingerprint density at radius 3 is 2.86 bits per heavy atom. The molecule has 1 unspecified atom stereocenters. The minimum atomic E-state index is -0.670. The molecule has 0 fully saturated rings. The minimum Gasteiger partial charge on any atom is -0.493 e. The number of esters is 1. The van der Waals surface area contributed by atoms with E-state index in [0.29, 0.717) is 17.9 Å². The number of hydrogen-bond donors (Lipinski definition) is 2. The molecule has 0 spiro atoms. The molecule has 1 atom stereocenters. The van der Waals surface area contributed by atoms with E-state index >= 15 is 0 Å². The molecular weight excluding hydrogens is 286 g/mol. The summed E-state index contributed by atoms with van der Waals surface area (Å²) in [4.78, 5) is 16.5. The third-order valence-corrected chi connectivity index (χ3v) is 3.18. The number of hydrogen-bond acceptors (Lipinski definition) is 6. The van der Waals surface area contributed by atoms with Gasteiger partial charge >= 0.3 is 5.97 Å². The summed E-state index contributed by atoms with van der Waals surface area (Å²) in [6, 6.07) is 5.23. The largest absolute Gasteiger partial charge is 0.493 e. The van der Waals surface area contributed by atoms with Gasteiger partial charge in [-0.25, -0.2) is 0 Å². The molecule has 1 aliphatic rings. The number of methoxy groups -OCH3 is 1. The van der Waals surface area contributed by atoms with Crippen LogP contribution in [0.3, 0.4) is 0 Å². The molecule has 6 nitrogen and oxygen atoms in total. The highest BCUT2D eigenvalue weighted by Crippen LogP contribution is 2.30. The van der Waals surface area contributed by atoms with Crippen LogP contribution < -0.4 is 15.0 Å². The Labute approximate surface area is 128 Å². The third kappa shape index (κ3) is 3.87. The lowest BCUT2D eigenvalue weighted by Crippen LogP contribution is -2.28. The van der Waals surface area contributed by atoms with Crippen LogP contribution >= 0.6 is 0 Å². The van der Waals surface area contributed by atoms with E-state index in [0.717, 1.165) is 5.56 Å². The monoisotopic (exact) mass is 305 g/mol. The minimum absolute atomic E-state index is 0.00503. The number of carbonyl (C=O) groups excluding carboxylic acids is 1. The van der Waals surface area contributed by atoms with Gasteiger partial charge in [0, 0.05) is 26.2 Å². The molecule has 6 heteroatoms. The summed E-state index contributed by atoms with van der Waals surface area (Å²) >= 11 is 0. The van der Waals surface area contributed by atoms with E-state index in [4.69, 9.17) is 19.4 Å². The van der Waals surface area contributed by atoms with Crippen LogP contribution in [0, 0.1) is 0 Å². The van der Waals surface area contributed by atoms with Crippen LogP contribution in [0.1, 0.15) is 18.9 Å². The number of carbonyl (C=O) groups is 1. The Kier molecular flexibility index (Phi) is 5.19. The van der Waals surface area contributed by atoms with E-state index in [1.54, 1.807) is 24.4 Å². The number of rotatable bonds is 6. The summed E-state index contributed by atoms with van der Waals surface area (Å²) in [5, 5.41) is 9.15. The zero-order valence-corrected chi connectivity index (χ0v) is 12.5. The second-order valence-corrected chi connectivity index (χ2v) is 4.82. The van der Waals surface area contributed by atoms with Crippen molar-refractivity contribution in [2.45, 2.75) is 18.9 Å². The van der Waals surface area contributed by atoms with Crippen LogP contribution in [0.2, 0.25) is 0 Å². The molecule has 0 radical (unpaired) electrons. The Bertz CT molecular complexity index is 596. The molecule has 1 heterocycles. The molecular formula is C16H19NO5. The first kappa shape index (κ1) is 16.1. The van der Waals surface area contributed by atoms with Gasteiger partial charge in [0.2, 0.25) is 0 Å². The fraction of sp³-hybridized carbons (Fsp3) is 0.312. The van der Waals surface area contributed by atoms with Crippen molar-refractivity contribution in [2.75, 3.05) is 13.7 Å². The van der Waals surface area contributed by atoms with Gasteiger partial charge in [-0.1, -0.05) is 12.1 Å². The summed E-state index contributed by atoms with van der Waals surface area (Å²) < 4.78 is 10.3. The predicted molar refractivity (Wildman–Crippen MR) is 81.1 cm³/mol. The number of benzene rings is 1. The van der Waals surface area contributed by atoms with Crippen LogP contribution in [0.4, 0.5) is 0 Å². The van der Waals surface area contributed by atoms with Gasteiger partial charge in [-0.15, -0.1) is 0 Å². The first-order chi connectivity index (χ1) is 10.6. The van der Waals surface area contributed by atoms with Crippen molar-refractivity contribution >= 4 is 12.0 Å². The Morgan fingerprint density at radius 2 is 2.27 bits per heavy atom. The van der Waals surface area contributed by atoms with Gasteiger partial charge in [0.1, 0.15) is 5.60 Å². The maximum Gasteiger partial charge on any atom is 0.308 e. The van der Waals surface area contributed by atoms with Crippen molar-refractivity contribution in [2.24, 2.45) is 0 Å². The van der Waals surface area contributed by atoms with Crippen LogP contribution in [-0.2, 0) is 9.63 Å². The molecule has 1 aliphatic heterocycles. The quantitative estimate of drug-likeness (QED) is 0.616. The fourth-order valence-corrected chi connectivity index (χ4v) is 2.10. The van der Waals surface area contributed by atoms with Crippen LogP contribution in [-0.4, -0.2) is 30.4 Å². The van der Waals surface area contributed by atoms with Crippen molar-refractivity contribution in [3.63, 3.8) is 0 Å². The van der Waals surface area contributed by atoms with Gasteiger partial charge in [0.15, 0.2) is 11.5 Å². The highest BCUT2D eigenvalue weighted by molar-refractivity contribution is 5.71. The summed E-state index contributed by atoms with van der Waals surface area (Å²) in [6.45, 7) is 1.34. The average Bonchev–Trinajstić information content (AvgIpc) is 2.95. The third-order valence-electron chi connectivity index (χ3n) is 3.18. The standard InChI is InChI=1S/C16H19NO5/c1-12(19)21-14-4-3-13(11-15(14)20-2)5-6-16(8-10-18)7-9-17-22-16/h3-7,9,11,17-18H,8,10H2,1-2H3. The smallest absolute Gasteiger partial charge is 0.308 e. The van der Waals surface area contributed by atoms with Crippen molar-refractivity contribution in [1.82, 2.24) is 5.48 Å². The molecule has 0 amide bonds. The molecule has 2 N–H and O–H groups in total. The second kappa shape index (κ2) is 7.11. The van der Waals surface area contributed by atoms with Crippen molar-refractivity contribution in [3.8, 4) is 11.5 Å². The molecule has 118 valence electrons. The zero-order chi connectivity index (χ0) is 16.0. The summed E-state index contributed by atoms with van der Waals surface area (Å²) in [6.07, 6.45) is 7.66. The first-order valence-electron chi connectivity index (χ1n) is 6.86. The fourth-order valence-electron chi connectivity index (χ4n) is 2.10. The van der Waals surface area contributed by atoms with Crippen molar-refractivity contribution in [3.05, 3.63) is 42.1 Å². The van der Waals surface area contributed by atoms with Crippen LogP contribution in [0.25, 0.3) is 6.08 Å². The van der Waals surface area contributed by atoms with E-state index in [2.05, 4.69) is 5.48 Å². The molecule has 2 rings (SSSR count). The van der Waals surface area contributed by atoms with Crippen molar-refractivity contribution < 1.29 is 24.2 Å². The second-order valence-electron chi connectivity index (χ2n) is 4.82. The number of aliphatic hydroxyl groups is 1. The van der Waals surface area contributed by atoms with E-state index in [1.165, 1.54) is 14.0 Å². The number of nitrogens with one attached hydrogen (secondary N) is 1. The highest BCUT2D eigenvalue weighted by atomic mass is 16.7. The zero-order valence-electron chi connectivity index (χ0n) is 12.5. The lowest BCUT2D eigenvalue weighted by molar-refractivity contribution is -0.132. The molecule has 0 aromatic heterocycles. The molecule has 0 bridgehead atoms. The topological polar surface area (TPSA) is 77.0 Å². The maximum absolute atomic E-state index is 11.0. The summed E-state index contributed by atoms with van der Waals surface area (Å²) in [5.41, 5.74) is 2.85. The molecule has 1 aromatic carbocycles. The summed E-state index contributed by atoms with van der Waals surface area (Å²) in [7, 11) is 1.51. The lowest BCUT2D eigenvalue weighted by atomic mass is 9.98. The maximum atomic E-state index is 11.0. The Hall–Kier alpha value is -2.31. The first-order valence-corrected chi connectivity index (χ1v) is 6.86. The van der Waals surface area contributed by atoms with E-state index in [-0.39, 0.29) is 6.61 Å².